The molecule has 0 aromatic heterocycles. The van der Waals surface area contributed by atoms with Gasteiger partial charge in [0.1, 0.15) is 6.54 Å². The quantitative estimate of drug-likeness (QED) is 0.128. The molecule has 9 heteroatoms. The predicted octanol–water partition coefficient (Wildman–Crippen LogP) is 8.34. The number of hydrogen-bond acceptors (Lipinski definition) is 5. The molecule has 0 aliphatic carbocycles. The average Bonchev–Trinajstić information content (AvgIpc) is 3.17. The number of thiocarbonyl (C=S) groups is 1. The first-order chi connectivity index (χ1) is 24.0. The summed E-state index contributed by atoms with van der Waals surface area (Å²) in [5.41, 5.74) is 4.78. The number of aliphatic hydroxyl groups excluding tert-OH is 1. The second kappa shape index (κ2) is 15.3. The number of sulfone groups is 1. The Morgan fingerprint density at radius 2 is 1.54 bits per heavy atom. The Kier molecular flexibility index (Phi) is 11.3. The van der Waals surface area contributed by atoms with Gasteiger partial charge in [0.25, 0.3) is 0 Å². The first-order valence-corrected chi connectivity index (χ1v) is 20.9. The highest BCUT2D eigenvalue weighted by Crippen LogP contribution is 2.50. The summed E-state index contributed by atoms with van der Waals surface area (Å²) in [7, 11) is 0.242. The maximum atomic E-state index is 14.2. The van der Waals surface area contributed by atoms with Gasteiger partial charge in [-0.1, -0.05) is 63.8 Å². The van der Waals surface area contributed by atoms with Gasteiger partial charge < -0.3 is 25.1 Å². The molecule has 2 bridgehead atoms. The lowest BCUT2D eigenvalue weighted by atomic mass is 9.68. The Labute approximate surface area is 306 Å². The van der Waals surface area contributed by atoms with Crippen LogP contribution < -0.4 is 15.5 Å². The molecule has 7 nitrogen and oxygen atoms in total. The fourth-order valence-corrected chi connectivity index (χ4v) is 11.4. The van der Waals surface area contributed by atoms with Crippen LogP contribution in [0.4, 0.5) is 17.1 Å². The van der Waals surface area contributed by atoms with Crippen molar-refractivity contribution in [3.63, 3.8) is 0 Å². The molecule has 4 aliphatic heterocycles. The number of quaternary nitrogens is 1. The summed E-state index contributed by atoms with van der Waals surface area (Å²) < 4.78 is 29.7. The van der Waals surface area contributed by atoms with Gasteiger partial charge in [0.2, 0.25) is 0 Å². The van der Waals surface area contributed by atoms with E-state index < -0.39 is 27.3 Å². The highest BCUT2D eigenvalue weighted by Gasteiger charge is 2.49. The summed E-state index contributed by atoms with van der Waals surface area (Å²) in [5, 5.41) is 19.8. The number of anilines is 3. The van der Waals surface area contributed by atoms with Crippen molar-refractivity contribution in [3.05, 3.63) is 83.4 Å². The molecule has 0 saturated carbocycles. The third-order valence-electron chi connectivity index (χ3n) is 11.9. The standard InChI is InChI=1S/C41H56N4O3S2/c1-5-7-21-41(22-8-6-2)29-50(47,48)37-17-16-35(44(3)4)27-36(37)38(39(41)46)32-10-9-11-34(26-32)43-40(49)42-33-14-12-31(13-15-33)28-45-23-18-30(19-24-45)20-25-45/h9-17,26-27,30,38-39,46H,5-8,18-25,28-29H2,1-4H3,(H-,42,43,49)/p+1. The van der Waals surface area contributed by atoms with E-state index in [1.54, 1.807) is 6.07 Å². The van der Waals surface area contributed by atoms with Gasteiger partial charge in [0, 0.05) is 48.1 Å². The second-order valence-electron chi connectivity index (χ2n) is 15.7. The van der Waals surface area contributed by atoms with E-state index in [0.717, 1.165) is 60.8 Å². The Hall–Kier alpha value is -2.98. The summed E-state index contributed by atoms with van der Waals surface area (Å²) in [4.78, 5) is 2.31. The lowest BCUT2D eigenvalue weighted by Gasteiger charge is -2.49. The molecule has 3 fully saturated rings. The molecule has 4 heterocycles. The first-order valence-electron chi connectivity index (χ1n) is 18.8. The number of aliphatic hydroxyl groups is 1. The van der Waals surface area contributed by atoms with E-state index in [1.165, 1.54) is 48.9 Å². The third kappa shape index (κ3) is 7.91. The number of hydrogen-bond donors (Lipinski definition) is 3. The predicted molar refractivity (Wildman–Crippen MR) is 211 cm³/mol. The Morgan fingerprint density at radius 1 is 0.900 bits per heavy atom. The van der Waals surface area contributed by atoms with Gasteiger partial charge in [0.05, 0.1) is 36.4 Å². The zero-order chi connectivity index (χ0) is 35.5. The molecule has 50 heavy (non-hydrogen) atoms. The fourth-order valence-electron chi connectivity index (χ4n) is 8.95. The minimum Gasteiger partial charge on any atom is -0.392 e. The van der Waals surface area contributed by atoms with Crippen LogP contribution in [-0.4, -0.2) is 68.7 Å². The average molecular weight is 718 g/mol. The van der Waals surface area contributed by atoms with Crippen molar-refractivity contribution in [2.75, 3.05) is 55.0 Å². The summed E-state index contributed by atoms with van der Waals surface area (Å²) in [5.74, 6) is 0.391. The minimum absolute atomic E-state index is 0.0445. The molecule has 2 unspecified atom stereocenters. The maximum absolute atomic E-state index is 14.2. The minimum atomic E-state index is -3.67. The zero-order valence-electron chi connectivity index (χ0n) is 30.5. The van der Waals surface area contributed by atoms with Crippen molar-refractivity contribution in [2.45, 2.75) is 95.1 Å². The van der Waals surface area contributed by atoms with Crippen molar-refractivity contribution < 1.29 is 18.0 Å². The maximum Gasteiger partial charge on any atom is 0.179 e. The van der Waals surface area contributed by atoms with Crippen LogP contribution in [0.3, 0.4) is 0 Å². The summed E-state index contributed by atoms with van der Waals surface area (Å²) in [6.07, 6.45) is 8.20. The normalized spacial score (nSPS) is 24.9. The van der Waals surface area contributed by atoms with Crippen molar-refractivity contribution in [1.29, 1.82) is 0 Å². The molecule has 270 valence electrons. The summed E-state index contributed by atoms with van der Waals surface area (Å²) in [6, 6.07) is 22.2. The molecule has 3 N–H and O–H groups in total. The Balaban J connectivity index is 1.26. The molecule has 0 radical (unpaired) electrons. The van der Waals surface area contributed by atoms with Crippen LogP contribution in [0.25, 0.3) is 0 Å². The lowest BCUT2D eigenvalue weighted by molar-refractivity contribution is -0.955. The number of unbranched alkanes of at least 4 members (excludes halogenated alkanes) is 2. The number of piperidine rings is 3. The van der Waals surface area contributed by atoms with Crippen LogP contribution in [0.5, 0.6) is 0 Å². The van der Waals surface area contributed by atoms with E-state index in [1.807, 2.05) is 55.4 Å². The largest absolute Gasteiger partial charge is 0.392 e. The second-order valence-corrected chi connectivity index (χ2v) is 18.0. The summed E-state index contributed by atoms with van der Waals surface area (Å²) in [6.45, 7) is 9.29. The molecule has 3 aromatic rings. The molecular weight excluding hydrogens is 661 g/mol. The fraction of sp³-hybridized carbons (Fsp3) is 0.537. The van der Waals surface area contributed by atoms with Crippen LogP contribution in [0, 0.1) is 11.3 Å². The Morgan fingerprint density at radius 3 is 2.16 bits per heavy atom. The topological polar surface area (TPSA) is 81.7 Å². The van der Waals surface area contributed by atoms with Gasteiger partial charge in [-0.2, -0.15) is 0 Å². The van der Waals surface area contributed by atoms with E-state index >= 15 is 0 Å². The van der Waals surface area contributed by atoms with E-state index in [2.05, 4.69) is 48.7 Å². The van der Waals surface area contributed by atoms with E-state index in [4.69, 9.17) is 12.2 Å². The van der Waals surface area contributed by atoms with Crippen molar-refractivity contribution in [2.24, 2.45) is 11.3 Å². The molecule has 0 spiro atoms. The third-order valence-corrected chi connectivity index (χ3v) is 14.1. The number of nitrogens with one attached hydrogen (secondary N) is 2. The smallest absolute Gasteiger partial charge is 0.179 e. The molecule has 4 aliphatic rings. The van der Waals surface area contributed by atoms with E-state index in [9.17, 15) is 13.5 Å². The monoisotopic (exact) mass is 717 g/mol. The Bertz CT molecular complexity index is 1730. The molecular formula is C41H57N4O3S2+. The van der Waals surface area contributed by atoms with Crippen LogP contribution in [0.2, 0.25) is 0 Å². The lowest BCUT2D eigenvalue weighted by Crippen LogP contribution is -2.57. The zero-order valence-corrected chi connectivity index (χ0v) is 32.1. The van der Waals surface area contributed by atoms with Gasteiger partial charge in [-0.3, -0.25) is 0 Å². The van der Waals surface area contributed by atoms with Gasteiger partial charge in [0.15, 0.2) is 14.9 Å². The van der Waals surface area contributed by atoms with Crippen LogP contribution in [-0.2, 0) is 16.4 Å². The molecule has 3 aromatic carbocycles. The number of nitrogens with zero attached hydrogens (tertiary/aromatic N) is 2. The van der Waals surface area contributed by atoms with E-state index in [0.29, 0.717) is 28.4 Å². The van der Waals surface area contributed by atoms with Crippen LogP contribution in [0.1, 0.15) is 94.2 Å². The number of benzene rings is 3. The van der Waals surface area contributed by atoms with Crippen LogP contribution >= 0.6 is 12.2 Å². The van der Waals surface area contributed by atoms with E-state index in [-0.39, 0.29) is 5.75 Å². The molecule has 2 atom stereocenters. The molecule has 7 rings (SSSR count). The number of fused-ring (bicyclic) bond motifs is 4. The first kappa shape index (κ1) is 36.8. The van der Waals surface area contributed by atoms with Gasteiger partial charge >= 0.3 is 0 Å². The SMILES string of the molecule is CCCCC1(CCCC)CS(=O)(=O)c2ccc(N(C)C)cc2C(c2cccc(NC(=S)Nc3ccc(C[N+]45CCC(CC4)CC5)cc3)c2)C1O. The van der Waals surface area contributed by atoms with Gasteiger partial charge in [-0.25, -0.2) is 8.42 Å². The number of rotatable bonds is 12. The molecule has 0 amide bonds. The van der Waals surface area contributed by atoms with Crippen LogP contribution in [0.15, 0.2) is 71.6 Å². The van der Waals surface area contributed by atoms with Crippen molar-refractivity contribution >= 4 is 44.2 Å². The van der Waals surface area contributed by atoms with Gasteiger partial charge in [-0.05, 0) is 104 Å². The van der Waals surface area contributed by atoms with Gasteiger partial charge in [-0.15, -0.1) is 0 Å². The van der Waals surface area contributed by atoms with Crippen molar-refractivity contribution in [3.8, 4) is 0 Å². The van der Waals surface area contributed by atoms with Crippen molar-refractivity contribution in [1.82, 2.24) is 0 Å². The highest BCUT2D eigenvalue weighted by atomic mass is 32.2. The summed E-state index contributed by atoms with van der Waals surface area (Å²) >= 11 is 5.78. The molecule has 3 saturated heterocycles. The highest BCUT2D eigenvalue weighted by molar-refractivity contribution is 7.91.